The number of aliphatic hydroxyl groups is 1. The van der Waals surface area contributed by atoms with Crippen molar-refractivity contribution in [1.29, 1.82) is 0 Å². The lowest BCUT2D eigenvalue weighted by atomic mass is 10.1. The van der Waals surface area contributed by atoms with Gasteiger partial charge in [0.25, 0.3) is 5.91 Å². The number of ether oxygens (including phenoxy) is 2. The molecule has 0 radical (unpaired) electrons. The molecule has 0 fully saturated rings. The van der Waals surface area contributed by atoms with E-state index in [0.29, 0.717) is 28.8 Å². The molecule has 4 aromatic rings. The van der Waals surface area contributed by atoms with E-state index in [2.05, 4.69) is 25.6 Å². The lowest BCUT2D eigenvalue weighted by Crippen LogP contribution is -2.31. The Hall–Kier alpha value is -4.22. The van der Waals surface area contributed by atoms with Crippen LogP contribution in [0.2, 0.25) is 5.02 Å². The zero-order chi connectivity index (χ0) is 25.2. The minimum absolute atomic E-state index is 0.102. The third-order valence-corrected chi connectivity index (χ3v) is 5.76. The number of carbonyl (C=O) groups excluding carboxylic acids is 1. The fraction of sp³-hybridized carbons (Fsp3) is 0.167. The predicted octanol–water partition coefficient (Wildman–Crippen LogP) is 3.70. The molecular formula is C24H20ClFN6O4. The van der Waals surface area contributed by atoms with Gasteiger partial charge in [-0.3, -0.25) is 9.36 Å². The Bertz CT molecular complexity index is 1450. The molecule has 1 aliphatic rings. The molecule has 2 aromatic heterocycles. The Labute approximate surface area is 209 Å². The van der Waals surface area contributed by atoms with Crippen LogP contribution in [0.5, 0.6) is 11.5 Å². The zero-order valence-corrected chi connectivity index (χ0v) is 19.7. The highest BCUT2D eigenvalue weighted by atomic mass is 35.5. The third-order valence-electron chi connectivity index (χ3n) is 5.47. The zero-order valence-electron chi connectivity index (χ0n) is 18.9. The number of carbonyl (C=O) groups is 1. The summed E-state index contributed by atoms with van der Waals surface area (Å²) >= 11 is 5.83. The normalized spacial score (nSPS) is 12.9. The summed E-state index contributed by atoms with van der Waals surface area (Å²) in [6.07, 6.45) is 4.62. The summed E-state index contributed by atoms with van der Waals surface area (Å²) in [7, 11) is 0. The predicted molar refractivity (Wildman–Crippen MR) is 128 cm³/mol. The number of nitrogens with zero attached hydrogens (tertiary/aromatic N) is 4. The molecule has 36 heavy (non-hydrogen) atoms. The van der Waals surface area contributed by atoms with Crippen LogP contribution in [0, 0.1) is 12.7 Å². The van der Waals surface area contributed by atoms with E-state index in [9.17, 15) is 14.3 Å². The molecule has 0 bridgehead atoms. The summed E-state index contributed by atoms with van der Waals surface area (Å²) in [6, 6.07) is 8.58. The molecular weight excluding hydrogens is 491 g/mol. The quantitative estimate of drug-likeness (QED) is 0.344. The molecule has 3 heterocycles. The van der Waals surface area contributed by atoms with Gasteiger partial charge in [-0.1, -0.05) is 17.7 Å². The van der Waals surface area contributed by atoms with Gasteiger partial charge in [0.15, 0.2) is 11.5 Å². The number of rotatable bonds is 7. The molecule has 0 spiro atoms. The number of aromatic nitrogens is 4. The number of amides is 1. The van der Waals surface area contributed by atoms with Gasteiger partial charge in [0.1, 0.15) is 23.7 Å². The SMILES string of the molecule is Cc1cnc(Nc2ccc3c(c2)OCO3)nc1-n1cnc(C(=O)N[C@H](CO)c2ccc(F)c(Cl)c2)c1. The lowest BCUT2D eigenvalue weighted by Gasteiger charge is -2.16. The second-order valence-corrected chi connectivity index (χ2v) is 8.35. The van der Waals surface area contributed by atoms with E-state index in [1.807, 2.05) is 13.0 Å². The highest BCUT2D eigenvalue weighted by Crippen LogP contribution is 2.34. The van der Waals surface area contributed by atoms with E-state index in [4.69, 9.17) is 21.1 Å². The molecule has 1 amide bonds. The van der Waals surface area contributed by atoms with E-state index in [1.165, 1.54) is 30.7 Å². The Morgan fingerprint density at radius 3 is 2.86 bits per heavy atom. The van der Waals surface area contributed by atoms with E-state index < -0.39 is 24.4 Å². The van der Waals surface area contributed by atoms with Crippen molar-refractivity contribution in [3.63, 3.8) is 0 Å². The number of fused-ring (bicyclic) bond motifs is 1. The first-order chi connectivity index (χ1) is 17.4. The molecule has 5 rings (SSSR count). The van der Waals surface area contributed by atoms with Crippen molar-refractivity contribution < 1.29 is 23.8 Å². The van der Waals surface area contributed by atoms with Gasteiger partial charge in [-0.25, -0.2) is 14.4 Å². The first-order valence-electron chi connectivity index (χ1n) is 10.8. The van der Waals surface area contributed by atoms with Gasteiger partial charge in [-0.05, 0) is 36.8 Å². The van der Waals surface area contributed by atoms with Crippen LogP contribution in [0.1, 0.15) is 27.7 Å². The number of nitrogens with one attached hydrogen (secondary N) is 2. The van der Waals surface area contributed by atoms with Crippen molar-refractivity contribution in [2.75, 3.05) is 18.7 Å². The fourth-order valence-electron chi connectivity index (χ4n) is 3.61. The van der Waals surface area contributed by atoms with Crippen molar-refractivity contribution >= 4 is 29.1 Å². The average molecular weight is 511 g/mol. The molecule has 184 valence electrons. The van der Waals surface area contributed by atoms with Crippen molar-refractivity contribution in [1.82, 2.24) is 24.8 Å². The molecule has 10 nitrogen and oxygen atoms in total. The average Bonchev–Trinajstić information content (AvgIpc) is 3.55. The van der Waals surface area contributed by atoms with E-state index in [-0.39, 0.29) is 17.5 Å². The summed E-state index contributed by atoms with van der Waals surface area (Å²) in [6.45, 7) is 1.60. The number of benzene rings is 2. The largest absolute Gasteiger partial charge is 0.454 e. The highest BCUT2D eigenvalue weighted by molar-refractivity contribution is 6.30. The van der Waals surface area contributed by atoms with Gasteiger partial charge in [0, 0.05) is 29.7 Å². The molecule has 0 saturated carbocycles. The van der Waals surface area contributed by atoms with Gasteiger partial charge in [0.2, 0.25) is 12.7 Å². The molecule has 3 N–H and O–H groups in total. The van der Waals surface area contributed by atoms with Crippen LogP contribution in [-0.4, -0.2) is 43.9 Å². The summed E-state index contributed by atoms with van der Waals surface area (Å²) in [5.41, 5.74) is 2.04. The van der Waals surface area contributed by atoms with Crippen molar-refractivity contribution in [2.24, 2.45) is 0 Å². The number of hydrogen-bond acceptors (Lipinski definition) is 8. The topological polar surface area (TPSA) is 123 Å². The van der Waals surface area contributed by atoms with Crippen LogP contribution in [0.4, 0.5) is 16.0 Å². The highest BCUT2D eigenvalue weighted by Gasteiger charge is 2.19. The summed E-state index contributed by atoms with van der Waals surface area (Å²) in [5.74, 6) is 1.03. The van der Waals surface area contributed by atoms with Gasteiger partial charge in [0.05, 0.1) is 17.7 Å². The third kappa shape index (κ3) is 4.79. The second-order valence-electron chi connectivity index (χ2n) is 7.94. The summed E-state index contributed by atoms with van der Waals surface area (Å²) in [5, 5.41) is 15.4. The van der Waals surface area contributed by atoms with Crippen LogP contribution in [0.3, 0.4) is 0 Å². The van der Waals surface area contributed by atoms with Crippen LogP contribution >= 0.6 is 11.6 Å². The van der Waals surface area contributed by atoms with Crippen molar-refractivity contribution in [3.8, 4) is 17.3 Å². The van der Waals surface area contributed by atoms with Crippen LogP contribution < -0.4 is 20.1 Å². The van der Waals surface area contributed by atoms with Crippen LogP contribution in [0.15, 0.2) is 55.1 Å². The Morgan fingerprint density at radius 1 is 1.22 bits per heavy atom. The molecule has 0 aliphatic carbocycles. The number of hydrogen-bond donors (Lipinski definition) is 3. The number of aryl methyl sites for hydroxylation is 1. The van der Waals surface area contributed by atoms with Gasteiger partial charge >= 0.3 is 0 Å². The number of anilines is 2. The Morgan fingerprint density at radius 2 is 2.06 bits per heavy atom. The monoisotopic (exact) mass is 510 g/mol. The van der Waals surface area contributed by atoms with Gasteiger partial charge in [-0.2, -0.15) is 4.98 Å². The Balaban J connectivity index is 1.33. The maximum absolute atomic E-state index is 13.5. The maximum Gasteiger partial charge on any atom is 0.272 e. The van der Waals surface area contributed by atoms with E-state index in [1.54, 1.807) is 22.9 Å². The van der Waals surface area contributed by atoms with Crippen molar-refractivity contribution in [3.05, 3.63) is 82.8 Å². The molecule has 1 aliphatic heterocycles. The van der Waals surface area contributed by atoms with Crippen LogP contribution in [0.25, 0.3) is 5.82 Å². The first kappa shape index (κ1) is 23.5. The lowest BCUT2D eigenvalue weighted by molar-refractivity contribution is 0.0911. The van der Waals surface area contributed by atoms with Crippen LogP contribution in [-0.2, 0) is 0 Å². The molecule has 0 saturated heterocycles. The van der Waals surface area contributed by atoms with Gasteiger partial charge in [-0.15, -0.1) is 0 Å². The molecule has 1 atom stereocenters. The molecule has 12 heteroatoms. The molecule has 0 unspecified atom stereocenters. The smallest absolute Gasteiger partial charge is 0.272 e. The number of halogens is 2. The second kappa shape index (κ2) is 9.80. The first-order valence-corrected chi connectivity index (χ1v) is 11.2. The standard InChI is InChI=1S/C24H20ClFN6O4/c1-13-8-27-24(29-15-3-5-20-21(7-15)36-12-35-20)31-22(13)32-9-18(28-11-32)23(34)30-19(10-33)14-2-4-17(26)16(25)6-14/h2-9,11,19,33H,10,12H2,1H3,(H,30,34)(H,27,29,31)/t19-/m1/s1. The van der Waals surface area contributed by atoms with E-state index >= 15 is 0 Å². The van der Waals surface area contributed by atoms with Crippen molar-refractivity contribution in [2.45, 2.75) is 13.0 Å². The van der Waals surface area contributed by atoms with E-state index in [0.717, 1.165) is 11.3 Å². The Kier molecular flexibility index (Phi) is 6.40. The summed E-state index contributed by atoms with van der Waals surface area (Å²) in [4.78, 5) is 25.8. The number of aliphatic hydroxyl groups excluding tert-OH is 1. The minimum atomic E-state index is -0.793. The van der Waals surface area contributed by atoms with Gasteiger partial charge < -0.3 is 25.2 Å². The molecule has 2 aromatic carbocycles. The summed E-state index contributed by atoms with van der Waals surface area (Å²) < 4.78 is 25.8. The minimum Gasteiger partial charge on any atom is -0.454 e. The maximum atomic E-state index is 13.5. The number of imidazole rings is 1. The fourth-order valence-corrected chi connectivity index (χ4v) is 3.80.